The lowest BCUT2D eigenvalue weighted by Crippen LogP contribution is -1.95. The van der Waals surface area contributed by atoms with E-state index in [0.29, 0.717) is 5.75 Å². The van der Waals surface area contributed by atoms with E-state index in [1.54, 1.807) is 18.2 Å². The molecule has 0 fully saturated rings. The highest BCUT2D eigenvalue weighted by atomic mass is 16.6. The molecule has 0 aliphatic carbocycles. The fraction of sp³-hybridized carbons (Fsp3) is 0.143. The Bertz CT molecular complexity index is 573. The molecular formula is C14H13NO3. The van der Waals surface area contributed by atoms with Gasteiger partial charge in [-0.3, -0.25) is 10.1 Å². The van der Waals surface area contributed by atoms with Gasteiger partial charge in [-0.05, 0) is 31.0 Å². The third-order valence-electron chi connectivity index (χ3n) is 2.68. The molecule has 92 valence electrons. The number of benzene rings is 2. The van der Waals surface area contributed by atoms with E-state index in [1.807, 2.05) is 32.0 Å². The summed E-state index contributed by atoms with van der Waals surface area (Å²) in [6.45, 7) is 3.83. The first-order chi connectivity index (χ1) is 8.59. The second-order valence-corrected chi connectivity index (χ2v) is 4.05. The molecule has 0 radical (unpaired) electrons. The molecule has 0 aliphatic heterocycles. The van der Waals surface area contributed by atoms with Crippen LogP contribution in [0.1, 0.15) is 11.1 Å². The molecule has 4 nitrogen and oxygen atoms in total. The SMILES string of the molecule is Cc1cccc(C)c1Oc1ccccc1[N+](=O)[O-]. The molecule has 0 N–H and O–H groups in total. The predicted octanol–water partition coefficient (Wildman–Crippen LogP) is 4.00. The Hall–Kier alpha value is -2.36. The number of hydrogen-bond donors (Lipinski definition) is 0. The van der Waals surface area contributed by atoms with E-state index in [9.17, 15) is 10.1 Å². The van der Waals surface area contributed by atoms with Crippen molar-refractivity contribution in [3.05, 3.63) is 63.7 Å². The first-order valence-electron chi connectivity index (χ1n) is 5.57. The van der Waals surface area contributed by atoms with E-state index in [1.165, 1.54) is 6.07 Å². The van der Waals surface area contributed by atoms with Crippen LogP contribution in [0.2, 0.25) is 0 Å². The van der Waals surface area contributed by atoms with Gasteiger partial charge in [-0.25, -0.2) is 0 Å². The van der Waals surface area contributed by atoms with Gasteiger partial charge < -0.3 is 4.74 Å². The third kappa shape index (κ3) is 2.32. The Morgan fingerprint density at radius 1 is 1.00 bits per heavy atom. The Kier molecular flexibility index (Phi) is 3.28. The second kappa shape index (κ2) is 4.87. The van der Waals surface area contributed by atoms with E-state index in [4.69, 9.17) is 4.74 Å². The molecule has 0 amide bonds. The maximum Gasteiger partial charge on any atom is 0.311 e. The smallest absolute Gasteiger partial charge is 0.311 e. The van der Waals surface area contributed by atoms with Crippen molar-refractivity contribution >= 4 is 5.69 Å². The number of ether oxygens (including phenoxy) is 1. The maximum absolute atomic E-state index is 10.9. The molecule has 0 atom stereocenters. The predicted molar refractivity (Wildman–Crippen MR) is 69.1 cm³/mol. The number of para-hydroxylation sites is 3. The van der Waals surface area contributed by atoms with E-state index in [0.717, 1.165) is 11.1 Å². The Morgan fingerprint density at radius 3 is 2.22 bits per heavy atom. The fourth-order valence-corrected chi connectivity index (χ4v) is 1.76. The van der Waals surface area contributed by atoms with Crippen LogP contribution in [0.3, 0.4) is 0 Å². The molecule has 4 heteroatoms. The number of nitrogens with zero attached hydrogens (tertiary/aromatic N) is 1. The standard InChI is InChI=1S/C14H13NO3/c1-10-6-5-7-11(2)14(10)18-13-9-4-3-8-12(13)15(16)17/h3-9H,1-2H3. The van der Waals surface area contributed by atoms with Crippen LogP contribution < -0.4 is 4.74 Å². The summed E-state index contributed by atoms with van der Waals surface area (Å²) in [6, 6.07) is 12.1. The van der Waals surface area contributed by atoms with Gasteiger partial charge in [-0.2, -0.15) is 0 Å². The van der Waals surface area contributed by atoms with Gasteiger partial charge in [0.2, 0.25) is 5.75 Å². The number of rotatable bonds is 3. The van der Waals surface area contributed by atoms with Gasteiger partial charge in [0.1, 0.15) is 5.75 Å². The van der Waals surface area contributed by atoms with Crippen molar-refractivity contribution in [2.24, 2.45) is 0 Å². The Balaban J connectivity index is 2.43. The lowest BCUT2D eigenvalue weighted by atomic mass is 10.1. The first-order valence-corrected chi connectivity index (χ1v) is 5.57. The van der Waals surface area contributed by atoms with Crippen LogP contribution in [0.4, 0.5) is 5.69 Å². The van der Waals surface area contributed by atoms with E-state index in [-0.39, 0.29) is 11.4 Å². The van der Waals surface area contributed by atoms with Gasteiger partial charge in [0.15, 0.2) is 0 Å². The minimum absolute atomic E-state index is 0.0276. The molecule has 2 aromatic carbocycles. The molecule has 0 spiro atoms. The zero-order chi connectivity index (χ0) is 13.1. The monoisotopic (exact) mass is 243 g/mol. The summed E-state index contributed by atoms with van der Waals surface area (Å²) in [7, 11) is 0. The van der Waals surface area contributed by atoms with Gasteiger partial charge in [-0.1, -0.05) is 30.3 Å². The van der Waals surface area contributed by atoms with Gasteiger partial charge >= 0.3 is 5.69 Å². The maximum atomic E-state index is 10.9. The van der Waals surface area contributed by atoms with Crippen molar-refractivity contribution in [1.82, 2.24) is 0 Å². The average molecular weight is 243 g/mol. The second-order valence-electron chi connectivity index (χ2n) is 4.05. The zero-order valence-electron chi connectivity index (χ0n) is 10.2. The molecule has 0 unspecified atom stereocenters. The molecule has 0 aliphatic rings. The summed E-state index contributed by atoms with van der Waals surface area (Å²) in [6.07, 6.45) is 0. The van der Waals surface area contributed by atoms with Gasteiger partial charge in [0.25, 0.3) is 0 Å². The van der Waals surface area contributed by atoms with Crippen molar-refractivity contribution in [2.45, 2.75) is 13.8 Å². The van der Waals surface area contributed by atoms with E-state index in [2.05, 4.69) is 0 Å². The van der Waals surface area contributed by atoms with Crippen LogP contribution >= 0.6 is 0 Å². The number of hydrogen-bond acceptors (Lipinski definition) is 3. The highest BCUT2D eigenvalue weighted by molar-refractivity contribution is 5.50. The lowest BCUT2D eigenvalue weighted by Gasteiger charge is -2.11. The van der Waals surface area contributed by atoms with Crippen molar-refractivity contribution in [3.63, 3.8) is 0 Å². The summed E-state index contributed by atoms with van der Waals surface area (Å²) in [5.41, 5.74) is 1.88. The van der Waals surface area contributed by atoms with Crippen molar-refractivity contribution in [1.29, 1.82) is 0 Å². The molecule has 0 bridgehead atoms. The van der Waals surface area contributed by atoms with Crippen molar-refractivity contribution < 1.29 is 9.66 Å². The largest absolute Gasteiger partial charge is 0.450 e. The molecule has 0 saturated heterocycles. The summed E-state index contributed by atoms with van der Waals surface area (Å²) in [5, 5.41) is 10.9. The quantitative estimate of drug-likeness (QED) is 0.604. The molecule has 0 aromatic heterocycles. The minimum atomic E-state index is -0.442. The lowest BCUT2D eigenvalue weighted by molar-refractivity contribution is -0.385. The third-order valence-corrected chi connectivity index (χ3v) is 2.68. The molecular weight excluding hydrogens is 230 g/mol. The highest BCUT2D eigenvalue weighted by Crippen LogP contribution is 2.34. The zero-order valence-corrected chi connectivity index (χ0v) is 10.2. The summed E-state index contributed by atoms with van der Waals surface area (Å²) in [4.78, 5) is 10.5. The number of nitro benzene ring substituents is 1. The molecule has 2 aromatic rings. The number of aryl methyl sites for hydroxylation is 2. The number of nitro groups is 1. The topological polar surface area (TPSA) is 52.4 Å². The molecule has 2 rings (SSSR count). The van der Waals surface area contributed by atoms with Gasteiger partial charge in [0, 0.05) is 6.07 Å². The van der Waals surface area contributed by atoms with Crippen LogP contribution in [0.5, 0.6) is 11.5 Å². The van der Waals surface area contributed by atoms with Crippen LogP contribution in [0, 0.1) is 24.0 Å². The Labute approximate surface area is 105 Å². The summed E-state index contributed by atoms with van der Waals surface area (Å²) >= 11 is 0. The minimum Gasteiger partial charge on any atom is -0.450 e. The molecule has 0 heterocycles. The van der Waals surface area contributed by atoms with E-state index >= 15 is 0 Å². The normalized spacial score (nSPS) is 10.1. The average Bonchev–Trinajstić information content (AvgIpc) is 2.34. The highest BCUT2D eigenvalue weighted by Gasteiger charge is 2.15. The first kappa shape index (κ1) is 12.1. The van der Waals surface area contributed by atoms with Crippen LogP contribution in [-0.4, -0.2) is 4.92 Å². The van der Waals surface area contributed by atoms with Crippen LogP contribution in [0.15, 0.2) is 42.5 Å². The fourth-order valence-electron chi connectivity index (χ4n) is 1.76. The van der Waals surface area contributed by atoms with Crippen LogP contribution in [0.25, 0.3) is 0 Å². The van der Waals surface area contributed by atoms with Gasteiger partial charge in [0.05, 0.1) is 4.92 Å². The Morgan fingerprint density at radius 2 is 1.61 bits per heavy atom. The summed E-state index contributed by atoms with van der Waals surface area (Å²) < 4.78 is 5.69. The summed E-state index contributed by atoms with van der Waals surface area (Å²) in [5.74, 6) is 0.937. The van der Waals surface area contributed by atoms with Gasteiger partial charge in [-0.15, -0.1) is 0 Å². The molecule has 0 saturated carbocycles. The van der Waals surface area contributed by atoms with E-state index < -0.39 is 4.92 Å². The van der Waals surface area contributed by atoms with Crippen molar-refractivity contribution in [3.8, 4) is 11.5 Å². The van der Waals surface area contributed by atoms with Crippen LogP contribution in [-0.2, 0) is 0 Å². The molecule has 18 heavy (non-hydrogen) atoms. The van der Waals surface area contributed by atoms with Crippen molar-refractivity contribution in [2.75, 3.05) is 0 Å².